The first-order valence-electron chi connectivity index (χ1n) is 6.34. The number of nitrogen functional groups attached to an aromatic ring is 1. The average Bonchev–Trinajstić information content (AvgIpc) is 2.30. The van der Waals surface area contributed by atoms with E-state index in [-0.39, 0.29) is 5.91 Å². The van der Waals surface area contributed by atoms with Crippen molar-refractivity contribution < 1.29 is 9.53 Å². The van der Waals surface area contributed by atoms with Crippen LogP contribution in [0.5, 0.6) is 5.75 Å². The molecule has 0 bridgehead atoms. The fourth-order valence-corrected chi connectivity index (χ4v) is 1.93. The number of ether oxygens (including phenoxy) is 1. The first-order valence-corrected chi connectivity index (χ1v) is 6.34. The van der Waals surface area contributed by atoms with Gasteiger partial charge >= 0.3 is 0 Å². The number of hydrogen-bond acceptors (Lipinski definition) is 4. The van der Waals surface area contributed by atoms with Gasteiger partial charge in [-0.2, -0.15) is 0 Å². The van der Waals surface area contributed by atoms with Crippen LogP contribution in [0.4, 0.5) is 11.4 Å². The van der Waals surface area contributed by atoms with Gasteiger partial charge < -0.3 is 15.8 Å². The van der Waals surface area contributed by atoms with Crippen molar-refractivity contribution in [1.82, 2.24) is 4.90 Å². The second-order valence-electron chi connectivity index (χ2n) is 5.10. The fourth-order valence-electron chi connectivity index (χ4n) is 1.93. The molecule has 0 saturated heterocycles. The summed E-state index contributed by atoms with van der Waals surface area (Å²) in [5.74, 6) is 1.04. The van der Waals surface area contributed by atoms with E-state index in [1.54, 1.807) is 25.3 Å². The average molecular weight is 265 g/mol. The molecule has 1 amide bonds. The highest BCUT2D eigenvalue weighted by atomic mass is 16.5. The van der Waals surface area contributed by atoms with E-state index in [0.717, 1.165) is 6.54 Å². The Morgan fingerprint density at radius 3 is 2.74 bits per heavy atom. The van der Waals surface area contributed by atoms with Crippen molar-refractivity contribution >= 4 is 17.3 Å². The zero-order chi connectivity index (χ0) is 14.4. The fraction of sp³-hybridized carbons (Fsp3) is 0.500. The van der Waals surface area contributed by atoms with Crippen LogP contribution in [-0.4, -0.2) is 38.1 Å². The largest absolute Gasteiger partial charge is 0.494 e. The first kappa shape index (κ1) is 15.3. The van der Waals surface area contributed by atoms with Crippen molar-refractivity contribution in [3.05, 3.63) is 18.2 Å². The molecule has 0 saturated carbocycles. The minimum atomic E-state index is -0.0637. The van der Waals surface area contributed by atoms with Crippen LogP contribution in [0.1, 0.15) is 13.8 Å². The van der Waals surface area contributed by atoms with Crippen LogP contribution in [0.2, 0.25) is 0 Å². The number of amides is 1. The summed E-state index contributed by atoms with van der Waals surface area (Å²) in [7, 11) is 3.48. The van der Waals surface area contributed by atoms with Crippen molar-refractivity contribution in [2.75, 3.05) is 38.3 Å². The SMILES string of the molecule is COc1cc(N)ccc1NC(=O)CN(C)CC(C)C. The molecule has 3 N–H and O–H groups in total. The van der Waals surface area contributed by atoms with Gasteiger partial charge in [-0.15, -0.1) is 0 Å². The second-order valence-corrected chi connectivity index (χ2v) is 5.10. The van der Waals surface area contributed by atoms with Crippen molar-refractivity contribution in [2.24, 2.45) is 5.92 Å². The van der Waals surface area contributed by atoms with Gasteiger partial charge in [-0.3, -0.25) is 9.69 Å². The Kier molecular flexibility index (Phi) is 5.63. The maximum absolute atomic E-state index is 11.9. The number of carbonyl (C=O) groups excluding carboxylic acids is 1. The third kappa shape index (κ3) is 5.18. The predicted octanol–water partition coefficient (Wildman–Crippen LogP) is 1.80. The summed E-state index contributed by atoms with van der Waals surface area (Å²) in [6, 6.07) is 5.16. The molecule has 0 fully saturated rings. The van der Waals surface area contributed by atoms with Crippen LogP contribution in [0.15, 0.2) is 18.2 Å². The maximum atomic E-state index is 11.9. The summed E-state index contributed by atoms with van der Waals surface area (Å²) >= 11 is 0. The lowest BCUT2D eigenvalue weighted by molar-refractivity contribution is -0.117. The molecule has 1 aromatic carbocycles. The first-order chi connectivity index (χ1) is 8.92. The molecule has 0 aliphatic rings. The molecule has 0 radical (unpaired) electrons. The van der Waals surface area contributed by atoms with Crippen LogP contribution in [0.3, 0.4) is 0 Å². The molecule has 1 rings (SSSR count). The molecule has 19 heavy (non-hydrogen) atoms. The van der Waals surface area contributed by atoms with Crippen molar-refractivity contribution in [3.8, 4) is 5.75 Å². The lowest BCUT2D eigenvalue weighted by atomic mass is 10.2. The minimum absolute atomic E-state index is 0.0637. The minimum Gasteiger partial charge on any atom is -0.494 e. The van der Waals surface area contributed by atoms with Gasteiger partial charge in [0.15, 0.2) is 0 Å². The van der Waals surface area contributed by atoms with Crippen molar-refractivity contribution in [1.29, 1.82) is 0 Å². The van der Waals surface area contributed by atoms with Gasteiger partial charge in [0.1, 0.15) is 5.75 Å². The van der Waals surface area contributed by atoms with E-state index in [4.69, 9.17) is 10.5 Å². The highest BCUT2D eigenvalue weighted by Crippen LogP contribution is 2.26. The van der Waals surface area contributed by atoms with Gasteiger partial charge in [0.25, 0.3) is 0 Å². The van der Waals surface area contributed by atoms with Gasteiger partial charge in [0.05, 0.1) is 19.3 Å². The number of hydrogen-bond donors (Lipinski definition) is 2. The summed E-state index contributed by atoms with van der Waals surface area (Å²) in [6.45, 7) is 5.48. The van der Waals surface area contributed by atoms with Gasteiger partial charge in [-0.25, -0.2) is 0 Å². The van der Waals surface area contributed by atoms with Crippen LogP contribution in [0.25, 0.3) is 0 Å². The van der Waals surface area contributed by atoms with Gasteiger partial charge in [0, 0.05) is 18.3 Å². The van der Waals surface area contributed by atoms with E-state index in [1.807, 2.05) is 11.9 Å². The standard InChI is InChI=1S/C14H23N3O2/c1-10(2)8-17(3)9-14(18)16-12-6-5-11(15)7-13(12)19-4/h5-7,10H,8-9,15H2,1-4H3,(H,16,18). The van der Waals surface area contributed by atoms with E-state index in [9.17, 15) is 4.79 Å². The number of methoxy groups -OCH3 is 1. The summed E-state index contributed by atoms with van der Waals surface area (Å²) in [5.41, 5.74) is 6.91. The Labute approximate surface area is 114 Å². The number of carbonyl (C=O) groups is 1. The molecule has 0 aliphatic heterocycles. The summed E-state index contributed by atoms with van der Waals surface area (Å²) in [4.78, 5) is 13.9. The lowest BCUT2D eigenvalue weighted by Crippen LogP contribution is -2.32. The normalized spacial score (nSPS) is 10.8. The van der Waals surface area contributed by atoms with Crippen LogP contribution < -0.4 is 15.8 Å². The second kappa shape index (κ2) is 6.99. The Balaban J connectivity index is 2.62. The summed E-state index contributed by atoms with van der Waals surface area (Å²) in [5, 5.41) is 2.83. The molecule has 1 aromatic rings. The Morgan fingerprint density at radius 1 is 1.47 bits per heavy atom. The van der Waals surface area contributed by atoms with E-state index in [2.05, 4.69) is 19.2 Å². The zero-order valence-corrected chi connectivity index (χ0v) is 12.1. The van der Waals surface area contributed by atoms with Crippen LogP contribution >= 0.6 is 0 Å². The number of nitrogens with two attached hydrogens (primary N) is 1. The number of nitrogens with one attached hydrogen (secondary N) is 1. The molecule has 0 aromatic heterocycles. The predicted molar refractivity (Wildman–Crippen MR) is 78.4 cm³/mol. The number of rotatable bonds is 6. The van der Waals surface area contributed by atoms with Gasteiger partial charge in [-0.1, -0.05) is 13.8 Å². The summed E-state index contributed by atoms with van der Waals surface area (Å²) < 4.78 is 5.19. The molecule has 0 unspecified atom stereocenters. The number of benzene rings is 1. The van der Waals surface area contributed by atoms with E-state index < -0.39 is 0 Å². The van der Waals surface area contributed by atoms with Crippen molar-refractivity contribution in [3.63, 3.8) is 0 Å². The molecule has 0 spiro atoms. The molecule has 0 atom stereocenters. The molecule has 5 nitrogen and oxygen atoms in total. The highest BCUT2D eigenvalue weighted by Gasteiger charge is 2.11. The smallest absolute Gasteiger partial charge is 0.238 e. The molecule has 106 valence electrons. The summed E-state index contributed by atoms with van der Waals surface area (Å²) in [6.07, 6.45) is 0. The van der Waals surface area contributed by atoms with Crippen LogP contribution in [-0.2, 0) is 4.79 Å². The maximum Gasteiger partial charge on any atom is 0.238 e. The lowest BCUT2D eigenvalue weighted by Gasteiger charge is -2.18. The third-order valence-corrected chi connectivity index (χ3v) is 2.59. The van der Waals surface area contributed by atoms with Crippen LogP contribution in [0, 0.1) is 5.92 Å². The highest BCUT2D eigenvalue weighted by molar-refractivity contribution is 5.94. The van der Waals surface area contributed by atoms with E-state index in [0.29, 0.717) is 29.6 Å². The van der Waals surface area contributed by atoms with Gasteiger partial charge in [0.2, 0.25) is 5.91 Å². The Bertz CT molecular complexity index is 433. The molecular formula is C14H23N3O2. The molecule has 0 aliphatic carbocycles. The Hall–Kier alpha value is -1.75. The molecule has 5 heteroatoms. The van der Waals surface area contributed by atoms with E-state index in [1.165, 1.54) is 0 Å². The zero-order valence-electron chi connectivity index (χ0n) is 12.1. The number of nitrogens with zero attached hydrogens (tertiary/aromatic N) is 1. The Morgan fingerprint density at radius 2 is 2.16 bits per heavy atom. The van der Waals surface area contributed by atoms with E-state index >= 15 is 0 Å². The number of likely N-dealkylation sites (N-methyl/N-ethyl adjacent to an activating group) is 1. The van der Waals surface area contributed by atoms with Crippen molar-refractivity contribution in [2.45, 2.75) is 13.8 Å². The topological polar surface area (TPSA) is 67.6 Å². The number of anilines is 2. The monoisotopic (exact) mass is 265 g/mol. The molecular weight excluding hydrogens is 242 g/mol. The quantitative estimate of drug-likeness (QED) is 0.770. The third-order valence-electron chi connectivity index (χ3n) is 2.59. The van der Waals surface area contributed by atoms with Gasteiger partial charge in [-0.05, 0) is 25.1 Å². The molecule has 0 heterocycles.